The van der Waals surface area contributed by atoms with Crippen LogP contribution in [0.2, 0.25) is 0 Å². The molecular formula is C22H24N2O3S. The minimum Gasteiger partial charge on any atom is -0.325 e. The third kappa shape index (κ3) is 4.62. The van der Waals surface area contributed by atoms with Crippen LogP contribution >= 0.6 is 11.8 Å². The van der Waals surface area contributed by atoms with Crippen molar-refractivity contribution in [1.82, 2.24) is 0 Å². The van der Waals surface area contributed by atoms with Crippen molar-refractivity contribution < 1.29 is 14.4 Å². The maximum absolute atomic E-state index is 12.7. The van der Waals surface area contributed by atoms with E-state index >= 15 is 0 Å². The van der Waals surface area contributed by atoms with Gasteiger partial charge in [-0.25, -0.2) is 4.90 Å². The molecule has 2 aromatic carbocycles. The summed E-state index contributed by atoms with van der Waals surface area (Å²) in [5, 5.41) is 2.33. The lowest BCUT2D eigenvalue weighted by Crippen LogP contribution is -2.31. The quantitative estimate of drug-likeness (QED) is 0.753. The van der Waals surface area contributed by atoms with Gasteiger partial charge in [-0.15, -0.1) is 11.8 Å². The molecule has 0 aliphatic carbocycles. The van der Waals surface area contributed by atoms with E-state index < -0.39 is 5.25 Å². The van der Waals surface area contributed by atoms with Crippen LogP contribution in [0, 0.1) is 13.8 Å². The number of imide groups is 1. The molecule has 5 nitrogen and oxygen atoms in total. The van der Waals surface area contributed by atoms with Gasteiger partial charge in [0.1, 0.15) is 0 Å². The van der Waals surface area contributed by atoms with E-state index in [0.29, 0.717) is 5.69 Å². The number of nitrogens with one attached hydrogen (secondary N) is 1. The molecule has 0 saturated carbocycles. The molecule has 0 radical (unpaired) electrons. The Hall–Kier alpha value is -2.60. The maximum atomic E-state index is 12.7. The van der Waals surface area contributed by atoms with E-state index in [1.54, 1.807) is 0 Å². The number of amides is 3. The summed E-state index contributed by atoms with van der Waals surface area (Å²) in [7, 11) is 0. The Morgan fingerprint density at radius 1 is 1.14 bits per heavy atom. The Balaban J connectivity index is 1.61. The van der Waals surface area contributed by atoms with Gasteiger partial charge in [-0.05, 0) is 61.2 Å². The number of thioether (sulfide) groups is 1. The predicted molar refractivity (Wildman–Crippen MR) is 114 cm³/mol. The molecule has 0 bridgehead atoms. The Bertz CT molecular complexity index is 905. The number of aryl methyl sites for hydroxylation is 3. The first-order valence-electron chi connectivity index (χ1n) is 9.33. The van der Waals surface area contributed by atoms with Crippen LogP contribution in [0.4, 0.5) is 11.4 Å². The van der Waals surface area contributed by atoms with E-state index in [4.69, 9.17) is 0 Å². The highest BCUT2D eigenvalue weighted by molar-refractivity contribution is 8.01. The van der Waals surface area contributed by atoms with Crippen molar-refractivity contribution in [3.63, 3.8) is 0 Å². The van der Waals surface area contributed by atoms with Gasteiger partial charge >= 0.3 is 0 Å². The molecule has 1 fully saturated rings. The molecular weight excluding hydrogens is 372 g/mol. The Kier molecular flexibility index (Phi) is 6.19. The average molecular weight is 397 g/mol. The molecule has 6 heteroatoms. The molecule has 0 spiro atoms. The fourth-order valence-electron chi connectivity index (χ4n) is 3.33. The number of rotatable bonds is 6. The largest absolute Gasteiger partial charge is 0.325 e. The number of carbonyl (C=O) groups excluding carboxylic acids is 3. The molecule has 3 amide bonds. The third-order valence-electron chi connectivity index (χ3n) is 4.60. The molecule has 1 aliphatic heterocycles. The first-order valence-corrected chi connectivity index (χ1v) is 10.4. The summed E-state index contributed by atoms with van der Waals surface area (Å²) in [5.74, 6) is -0.520. The second-order valence-corrected chi connectivity index (χ2v) is 8.21. The lowest BCUT2D eigenvalue weighted by atomic mass is 10.1. The van der Waals surface area contributed by atoms with Crippen LogP contribution in [0.15, 0.2) is 42.5 Å². The zero-order valence-corrected chi connectivity index (χ0v) is 17.1. The zero-order chi connectivity index (χ0) is 20.3. The van der Waals surface area contributed by atoms with E-state index in [0.717, 1.165) is 28.8 Å². The number of hydrogen-bond donors (Lipinski definition) is 1. The SMILES string of the molecule is CCc1cccc(NC(=O)CS[C@@H]2CC(=O)N(c3cc(C)cc(C)c3)C2=O)c1. The van der Waals surface area contributed by atoms with Crippen molar-refractivity contribution in [2.24, 2.45) is 0 Å². The van der Waals surface area contributed by atoms with Gasteiger partial charge in [0.25, 0.3) is 0 Å². The Morgan fingerprint density at radius 3 is 2.54 bits per heavy atom. The summed E-state index contributed by atoms with van der Waals surface area (Å²) in [4.78, 5) is 38.7. The normalized spacial score (nSPS) is 16.5. The van der Waals surface area contributed by atoms with Gasteiger partial charge in [0.05, 0.1) is 16.7 Å². The standard InChI is InChI=1S/C22H24N2O3S/c1-4-16-6-5-7-17(11-16)23-20(25)13-28-19-12-21(26)24(22(19)27)18-9-14(2)8-15(3)10-18/h5-11,19H,4,12-13H2,1-3H3,(H,23,25)/t19-/m1/s1. The molecule has 2 aromatic rings. The number of hydrogen-bond acceptors (Lipinski definition) is 4. The third-order valence-corrected chi connectivity index (χ3v) is 5.80. The van der Waals surface area contributed by atoms with Crippen molar-refractivity contribution in [2.75, 3.05) is 16.0 Å². The van der Waals surface area contributed by atoms with E-state index in [2.05, 4.69) is 12.2 Å². The van der Waals surface area contributed by atoms with Gasteiger partial charge in [-0.3, -0.25) is 14.4 Å². The molecule has 1 atom stereocenters. The van der Waals surface area contributed by atoms with E-state index in [1.807, 2.05) is 56.3 Å². The van der Waals surface area contributed by atoms with Gasteiger partial charge in [0.15, 0.2) is 0 Å². The monoisotopic (exact) mass is 396 g/mol. The second-order valence-electron chi connectivity index (χ2n) is 7.02. The molecule has 28 heavy (non-hydrogen) atoms. The topological polar surface area (TPSA) is 66.5 Å². The van der Waals surface area contributed by atoms with Crippen molar-refractivity contribution in [2.45, 2.75) is 38.9 Å². The number of anilines is 2. The van der Waals surface area contributed by atoms with Gasteiger partial charge in [-0.1, -0.05) is 25.1 Å². The van der Waals surface area contributed by atoms with Crippen LogP contribution in [0.5, 0.6) is 0 Å². The number of carbonyl (C=O) groups is 3. The fourth-order valence-corrected chi connectivity index (χ4v) is 4.26. The summed E-state index contributed by atoms with van der Waals surface area (Å²) in [6.07, 6.45) is 1.01. The molecule has 0 unspecified atom stereocenters. The zero-order valence-electron chi connectivity index (χ0n) is 16.3. The van der Waals surface area contributed by atoms with E-state index in [-0.39, 0.29) is 29.9 Å². The van der Waals surface area contributed by atoms with E-state index in [1.165, 1.54) is 16.7 Å². The first-order chi connectivity index (χ1) is 13.4. The lowest BCUT2D eigenvalue weighted by molar-refractivity contribution is -0.121. The van der Waals surface area contributed by atoms with Crippen molar-refractivity contribution in [3.8, 4) is 0 Å². The molecule has 0 aromatic heterocycles. The summed E-state index contributed by atoms with van der Waals surface area (Å²) in [6, 6.07) is 13.4. The van der Waals surface area contributed by atoms with Gasteiger partial charge in [0, 0.05) is 12.1 Å². The van der Waals surface area contributed by atoms with Crippen molar-refractivity contribution >= 4 is 40.9 Å². The molecule has 1 heterocycles. The lowest BCUT2D eigenvalue weighted by Gasteiger charge is -2.16. The summed E-state index contributed by atoms with van der Waals surface area (Å²) in [6.45, 7) is 5.93. The Morgan fingerprint density at radius 2 is 1.86 bits per heavy atom. The highest BCUT2D eigenvalue weighted by Gasteiger charge is 2.40. The van der Waals surface area contributed by atoms with Crippen molar-refractivity contribution in [3.05, 3.63) is 59.2 Å². The highest BCUT2D eigenvalue weighted by Crippen LogP contribution is 2.30. The van der Waals surface area contributed by atoms with Gasteiger partial charge < -0.3 is 5.32 Å². The minimum atomic E-state index is -0.527. The van der Waals surface area contributed by atoms with Gasteiger partial charge in [0.2, 0.25) is 17.7 Å². The van der Waals surface area contributed by atoms with E-state index in [9.17, 15) is 14.4 Å². The van der Waals surface area contributed by atoms with Crippen LogP contribution in [-0.4, -0.2) is 28.7 Å². The average Bonchev–Trinajstić information content (AvgIpc) is 2.93. The number of nitrogens with zero attached hydrogens (tertiary/aromatic N) is 1. The predicted octanol–water partition coefficient (Wildman–Crippen LogP) is 3.87. The molecule has 1 aliphatic rings. The van der Waals surface area contributed by atoms with Crippen LogP contribution in [0.1, 0.15) is 30.0 Å². The fraction of sp³-hybridized carbons (Fsp3) is 0.318. The minimum absolute atomic E-state index is 0.120. The van der Waals surface area contributed by atoms with Crippen LogP contribution < -0.4 is 10.2 Å². The summed E-state index contributed by atoms with van der Waals surface area (Å²) < 4.78 is 0. The van der Waals surface area contributed by atoms with Crippen LogP contribution in [0.25, 0.3) is 0 Å². The summed E-state index contributed by atoms with van der Waals surface area (Å²) >= 11 is 1.22. The van der Waals surface area contributed by atoms with Crippen molar-refractivity contribution in [1.29, 1.82) is 0 Å². The molecule has 1 saturated heterocycles. The van der Waals surface area contributed by atoms with Crippen LogP contribution in [0.3, 0.4) is 0 Å². The molecule has 146 valence electrons. The highest BCUT2D eigenvalue weighted by atomic mass is 32.2. The Labute approximate surface area is 169 Å². The summed E-state index contributed by atoms with van der Waals surface area (Å²) in [5.41, 5.74) is 4.50. The van der Waals surface area contributed by atoms with Crippen LogP contribution in [-0.2, 0) is 20.8 Å². The second kappa shape index (κ2) is 8.61. The smallest absolute Gasteiger partial charge is 0.247 e. The molecule has 1 N–H and O–H groups in total. The maximum Gasteiger partial charge on any atom is 0.247 e. The molecule has 3 rings (SSSR count). The van der Waals surface area contributed by atoms with Gasteiger partial charge in [-0.2, -0.15) is 0 Å². The first kappa shape index (κ1) is 20.1. The number of benzene rings is 2.